The maximum atomic E-state index is 12.9. The monoisotopic (exact) mass is 438 g/mol. The van der Waals surface area contributed by atoms with Crippen LogP contribution in [0.15, 0.2) is 71.7 Å². The number of rotatable bonds is 5. The third-order valence-electron chi connectivity index (χ3n) is 4.44. The molecule has 1 heterocycles. The zero-order chi connectivity index (χ0) is 21.7. The first-order valence-electron chi connectivity index (χ1n) is 9.46. The number of hydrogen-bond donors (Lipinski definition) is 2. The number of carbonyl (C=O) groups excluding carboxylic acids is 2. The van der Waals surface area contributed by atoms with E-state index in [0.29, 0.717) is 16.3 Å². The molecular weight excluding hydrogens is 416 g/mol. The molecule has 0 atom stereocenters. The van der Waals surface area contributed by atoms with Crippen LogP contribution in [0.25, 0.3) is 6.08 Å². The molecule has 0 aliphatic heterocycles. The third kappa shape index (κ3) is 5.81. The van der Waals surface area contributed by atoms with Gasteiger partial charge < -0.3 is 10.6 Å². The molecule has 3 rings (SSSR count). The lowest BCUT2D eigenvalue weighted by Gasteiger charge is -2.19. The van der Waals surface area contributed by atoms with Gasteiger partial charge in [0.2, 0.25) is 0 Å². The number of halogens is 1. The lowest BCUT2D eigenvalue weighted by molar-refractivity contribution is -0.113. The molecular formula is C24H23ClN2O2S. The van der Waals surface area contributed by atoms with Gasteiger partial charge in [-0.3, -0.25) is 9.59 Å². The van der Waals surface area contributed by atoms with Crippen molar-refractivity contribution < 1.29 is 9.59 Å². The Balaban J connectivity index is 1.81. The average molecular weight is 439 g/mol. The van der Waals surface area contributed by atoms with Crippen LogP contribution in [0.4, 0.5) is 5.69 Å². The highest BCUT2D eigenvalue weighted by molar-refractivity contribution is 7.10. The summed E-state index contributed by atoms with van der Waals surface area (Å²) in [5.74, 6) is -0.755. The standard InChI is InChI=1S/C24H23ClN2O2S/c1-24(2,3)17-8-6-16(7-9-17)22(28)27-21(15-20-5-4-14-30-20)23(29)26-19-12-10-18(25)11-13-19/h4-15H,1-3H3,(H,26,29)(H,27,28)/b21-15+. The molecule has 0 aliphatic carbocycles. The van der Waals surface area contributed by atoms with Crippen LogP contribution in [0.1, 0.15) is 41.6 Å². The van der Waals surface area contributed by atoms with E-state index < -0.39 is 5.91 Å². The van der Waals surface area contributed by atoms with Crippen LogP contribution in [0.3, 0.4) is 0 Å². The second-order valence-corrected chi connectivity index (χ2v) is 9.23. The van der Waals surface area contributed by atoms with Crippen molar-refractivity contribution in [2.24, 2.45) is 0 Å². The molecule has 0 saturated heterocycles. The van der Waals surface area contributed by atoms with Crippen LogP contribution >= 0.6 is 22.9 Å². The summed E-state index contributed by atoms with van der Waals surface area (Å²) in [5, 5.41) is 8.03. The van der Waals surface area contributed by atoms with Gasteiger partial charge in [-0.1, -0.05) is 50.6 Å². The number of thiophene rings is 1. The molecule has 3 aromatic rings. The van der Waals surface area contributed by atoms with Gasteiger partial charge in [-0.15, -0.1) is 11.3 Å². The van der Waals surface area contributed by atoms with Crippen molar-refractivity contribution in [2.75, 3.05) is 5.32 Å². The summed E-state index contributed by atoms with van der Waals surface area (Å²) < 4.78 is 0. The van der Waals surface area contributed by atoms with Crippen molar-refractivity contribution in [1.29, 1.82) is 0 Å². The van der Waals surface area contributed by atoms with Crippen LogP contribution in [-0.4, -0.2) is 11.8 Å². The largest absolute Gasteiger partial charge is 0.321 e. The second-order valence-electron chi connectivity index (χ2n) is 7.82. The van der Waals surface area contributed by atoms with Crippen molar-refractivity contribution in [2.45, 2.75) is 26.2 Å². The molecule has 2 aromatic carbocycles. The summed E-state index contributed by atoms with van der Waals surface area (Å²) in [4.78, 5) is 26.5. The van der Waals surface area contributed by atoms with E-state index in [4.69, 9.17) is 11.6 Å². The Labute approximate surface area is 185 Å². The Morgan fingerprint density at radius 1 is 0.967 bits per heavy atom. The van der Waals surface area contributed by atoms with E-state index in [0.717, 1.165) is 10.4 Å². The zero-order valence-electron chi connectivity index (χ0n) is 17.0. The van der Waals surface area contributed by atoms with Crippen molar-refractivity contribution in [3.05, 3.63) is 92.8 Å². The molecule has 0 spiro atoms. The Bertz CT molecular complexity index is 1050. The Kier molecular flexibility index (Phi) is 6.75. The predicted octanol–water partition coefficient (Wildman–Crippen LogP) is 6.11. The van der Waals surface area contributed by atoms with Gasteiger partial charge in [0.05, 0.1) is 0 Å². The van der Waals surface area contributed by atoms with Crippen LogP contribution in [0.5, 0.6) is 0 Å². The molecule has 1 aromatic heterocycles. The first kappa shape index (κ1) is 21.8. The number of carbonyl (C=O) groups is 2. The minimum absolute atomic E-state index is 0.00228. The van der Waals surface area contributed by atoms with E-state index in [-0.39, 0.29) is 17.0 Å². The second kappa shape index (κ2) is 9.28. The van der Waals surface area contributed by atoms with Crippen molar-refractivity contribution in [1.82, 2.24) is 5.32 Å². The molecule has 6 heteroatoms. The van der Waals surface area contributed by atoms with E-state index in [2.05, 4.69) is 31.4 Å². The first-order chi connectivity index (χ1) is 14.2. The smallest absolute Gasteiger partial charge is 0.272 e. The van der Waals surface area contributed by atoms with Crippen LogP contribution in [-0.2, 0) is 10.2 Å². The summed E-state index contributed by atoms with van der Waals surface area (Å²) in [6, 6.07) is 18.0. The fourth-order valence-electron chi connectivity index (χ4n) is 2.72. The summed E-state index contributed by atoms with van der Waals surface area (Å²) in [6.45, 7) is 6.35. The lowest BCUT2D eigenvalue weighted by atomic mass is 9.87. The van der Waals surface area contributed by atoms with Gasteiger partial charge in [0.25, 0.3) is 11.8 Å². The predicted molar refractivity (Wildman–Crippen MR) is 125 cm³/mol. The summed E-state index contributed by atoms with van der Waals surface area (Å²) in [5.41, 5.74) is 2.37. The number of benzene rings is 2. The highest BCUT2D eigenvalue weighted by Gasteiger charge is 2.17. The molecule has 0 aliphatic rings. The van der Waals surface area contributed by atoms with Gasteiger partial charge in [0, 0.05) is 21.2 Å². The van der Waals surface area contributed by atoms with E-state index in [1.165, 1.54) is 11.3 Å². The Hall–Kier alpha value is -2.89. The van der Waals surface area contributed by atoms with Gasteiger partial charge in [-0.05, 0) is 64.9 Å². The summed E-state index contributed by atoms with van der Waals surface area (Å²) >= 11 is 7.38. The summed E-state index contributed by atoms with van der Waals surface area (Å²) in [7, 11) is 0. The van der Waals surface area contributed by atoms with E-state index in [1.807, 2.05) is 29.6 Å². The molecule has 2 amide bonds. The fraction of sp³-hybridized carbons (Fsp3) is 0.167. The van der Waals surface area contributed by atoms with Crippen LogP contribution in [0, 0.1) is 0 Å². The minimum atomic E-state index is -0.412. The molecule has 4 nitrogen and oxygen atoms in total. The minimum Gasteiger partial charge on any atom is -0.321 e. The Morgan fingerprint density at radius 2 is 1.63 bits per heavy atom. The Morgan fingerprint density at radius 3 is 2.20 bits per heavy atom. The molecule has 2 N–H and O–H groups in total. The topological polar surface area (TPSA) is 58.2 Å². The molecule has 0 unspecified atom stereocenters. The molecule has 0 radical (unpaired) electrons. The number of anilines is 1. The highest BCUT2D eigenvalue weighted by atomic mass is 35.5. The van der Waals surface area contributed by atoms with Crippen molar-refractivity contribution >= 4 is 46.5 Å². The van der Waals surface area contributed by atoms with Gasteiger partial charge in [-0.25, -0.2) is 0 Å². The molecule has 0 fully saturated rings. The summed E-state index contributed by atoms with van der Waals surface area (Å²) in [6.07, 6.45) is 1.66. The maximum Gasteiger partial charge on any atom is 0.272 e. The lowest BCUT2D eigenvalue weighted by Crippen LogP contribution is -2.30. The van der Waals surface area contributed by atoms with Gasteiger partial charge in [0.15, 0.2) is 0 Å². The van der Waals surface area contributed by atoms with Gasteiger partial charge >= 0.3 is 0 Å². The van der Waals surface area contributed by atoms with Crippen LogP contribution in [0.2, 0.25) is 5.02 Å². The van der Waals surface area contributed by atoms with E-state index in [9.17, 15) is 9.59 Å². The van der Waals surface area contributed by atoms with Crippen LogP contribution < -0.4 is 10.6 Å². The van der Waals surface area contributed by atoms with E-state index >= 15 is 0 Å². The normalized spacial score (nSPS) is 11.8. The van der Waals surface area contributed by atoms with E-state index in [1.54, 1.807) is 42.5 Å². The quantitative estimate of drug-likeness (QED) is 0.472. The van der Waals surface area contributed by atoms with Crippen molar-refractivity contribution in [3.8, 4) is 0 Å². The van der Waals surface area contributed by atoms with Crippen molar-refractivity contribution in [3.63, 3.8) is 0 Å². The zero-order valence-corrected chi connectivity index (χ0v) is 18.6. The first-order valence-corrected chi connectivity index (χ1v) is 10.7. The number of nitrogens with one attached hydrogen (secondary N) is 2. The molecule has 0 saturated carbocycles. The SMILES string of the molecule is CC(C)(C)c1ccc(C(=O)N/C(=C/c2cccs2)C(=O)Nc2ccc(Cl)cc2)cc1. The third-order valence-corrected chi connectivity index (χ3v) is 5.51. The molecule has 154 valence electrons. The fourth-order valence-corrected chi connectivity index (χ4v) is 3.51. The maximum absolute atomic E-state index is 12.9. The van der Waals surface area contributed by atoms with Gasteiger partial charge in [0.1, 0.15) is 5.70 Å². The highest BCUT2D eigenvalue weighted by Crippen LogP contribution is 2.22. The molecule has 0 bridgehead atoms. The number of amides is 2. The average Bonchev–Trinajstić information content (AvgIpc) is 3.22. The molecule has 30 heavy (non-hydrogen) atoms. The number of hydrogen-bond acceptors (Lipinski definition) is 3. The van der Waals surface area contributed by atoms with Gasteiger partial charge in [-0.2, -0.15) is 0 Å².